The van der Waals surface area contributed by atoms with Gasteiger partial charge in [0.05, 0.1) is 12.3 Å². The Morgan fingerprint density at radius 1 is 1.21 bits per heavy atom. The third kappa shape index (κ3) is 5.60. The number of likely N-dealkylation sites (tertiary alicyclic amines) is 1. The molecule has 1 fully saturated rings. The van der Waals surface area contributed by atoms with Gasteiger partial charge in [-0.25, -0.2) is 4.98 Å². The minimum Gasteiger partial charge on any atom is -0.494 e. The number of hydrogen-bond acceptors (Lipinski definition) is 3. The summed E-state index contributed by atoms with van der Waals surface area (Å²) in [6, 6.07) is 6.36. The van der Waals surface area contributed by atoms with E-state index in [-0.39, 0.29) is 0 Å². The zero-order valence-electron chi connectivity index (χ0n) is 18.3. The number of piperidine rings is 1. The molecular weight excluding hydrogens is 346 g/mol. The normalized spacial score (nSPS) is 16.1. The van der Waals surface area contributed by atoms with Gasteiger partial charge in [-0.1, -0.05) is 13.8 Å². The Kier molecular flexibility index (Phi) is 7.17. The third-order valence-corrected chi connectivity index (χ3v) is 5.90. The van der Waals surface area contributed by atoms with Crippen LogP contribution in [0.15, 0.2) is 18.2 Å². The van der Waals surface area contributed by atoms with Crippen LogP contribution >= 0.6 is 0 Å². The van der Waals surface area contributed by atoms with Crippen molar-refractivity contribution in [3.8, 4) is 17.1 Å². The monoisotopic (exact) mass is 383 g/mol. The van der Waals surface area contributed by atoms with E-state index in [1.165, 1.54) is 49.3 Å². The van der Waals surface area contributed by atoms with Gasteiger partial charge < -0.3 is 14.6 Å². The summed E-state index contributed by atoms with van der Waals surface area (Å²) in [4.78, 5) is 10.7. The van der Waals surface area contributed by atoms with E-state index in [1.54, 1.807) is 0 Å². The smallest absolute Gasteiger partial charge is 0.138 e. The number of imidazole rings is 1. The molecule has 1 aromatic carbocycles. The number of nitrogens with zero attached hydrogens (tertiary/aromatic N) is 2. The molecule has 0 unspecified atom stereocenters. The lowest BCUT2D eigenvalue weighted by Crippen LogP contribution is -2.30. The molecule has 1 N–H and O–H groups in total. The number of hydrogen-bond donors (Lipinski definition) is 1. The van der Waals surface area contributed by atoms with Crippen molar-refractivity contribution >= 4 is 0 Å². The molecule has 0 amide bonds. The highest BCUT2D eigenvalue weighted by atomic mass is 16.5. The number of H-pyrrole nitrogens is 1. The zero-order valence-corrected chi connectivity index (χ0v) is 18.3. The van der Waals surface area contributed by atoms with Gasteiger partial charge in [0.1, 0.15) is 11.6 Å². The summed E-state index contributed by atoms with van der Waals surface area (Å²) in [5.74, 6) is 3.43. The van der Waals surface area contributed by atoms with Crippen LogP contribution in [0, 0.1) is 25.7 Å². The Hall–Kier alpha value is -1.81. The van der Waals surface area contributed by atoms with Crippen LogP contribution < -0.4 is 4.74 Å². The average molecular weight is 384 g/mol. The van der Waals surface area contributed by atoms with Gasteiger partial charge in [0.15, 0.2) is 0 Å². The second kappa shape index (κ2) is 9.60. The van der Waals surface area contributed by atoms with Gasteiger partial charge in [0, 0.05) is 11.3 Å². The molecule has 154 valence electrons. The number of rotatable bonds is 8. The second-order valence-corrected chi connectivity index (χ2v) is 8.97. The summed E-state index contributed by atoms with van der Waals surface area (Å²) in [5, 5.41) is 0. The van der Waals surface area contributed by atoms with Crippen LogP contribution in [0.1, 0.15) is 56.5 Å². The molecule has 1 saturated heterocycles. The number of aromatic amines is 1. The lowest BCUT2D eigenvalue weighted by Gasteiger charge is -2.28. The zero-order chi connectivity index (χ0) is 20.1. The van der Waals surface area contributed by atoms with Crippen molar-refractivity contribution in [3.05, 3.63) is 35.2 Å². The van der Waals surface area contributed by atoms with Crippen LogP contribution in [0.25, 0.3) is 11.4 Å². The largest absolute Gasteiger partial charge is 0.494 e. The van der Waals surface area contributed by atoms with Crippen LogP contribution in [0.3, 0.4) is 0 Å². The van der Waals surface area contributed by atoms with Gasteiger partial charge in [0.2, 0.25) is 0 Å². The molecule has 0 spiro atoms. The number of aryl methyl sites for hydroxylation is 2. The van der Waals surface area contributed by atoms with E-state index in [2.05, 4.69) is 62.8 Å². The van der Waals surface area contributed by atoms with E-state index in [0.29, 0.717) is 5.92 Å². The minimum atomic E-state index is 0.612. The van der Waals surface area contributed by atoms with Crippen LogP contribution in [0.5, 0.6) is 5.75 Å². The van der Waals surface area contributed by atoms with Crippen molar-refractivity contribution in [2.75, 3.05) is 26.7 Å². The van der Waals surface area contributed by atoms with Crippen molar-refractivity contribution in [1.29, 1.82) is 0 Å². The first-order valence-corrected chi connectivity index (χ1v) is 10.9. The van der Waals surface area contributed by atoms with Crippen molar-refractivity contribution in [1.82, 2.24) is 14.9 Å². The molecule has 1 aliphatic heterocycles. The Bertz CT molecular complexity index is 757. The van der Waals surface area contributed by atoms with Crippen LogP contribution in [0.4, 0.5) is 0 Å². The molecule has 28 heavy (non-hydrogen) atoms. The topological polar surface area (TPSA) is 41.1 Å². The predicted molar refractivity (Wildman–Crippen MR) is 117 cm³/mol. The van der Waals surface area contributed by atoms with Crippen LogP contribution in [-0.4, -0.2) is 41.6 Å². The third-order valence-electron chi connectivity index (χ3n) is 5.90. The number of nitrogens with one attached hydrogen (secondary N) is 1. The quantitative estimate of drug-likeness (QED) is 0.621. The summed E-state index contributed by atoms with van der Waals surface area (Å²) in [6.45, 7) is 12.0. The van der Waals surface area contributed by atoms with Crippen LogP contribution in [-0.2, 0) is 6.42 Å². The Balaban J connectivity index is 1.52. The van der Waals surface area contributed by atoms with Gasteiger partial charge >= 0.3 is 0 Å². The second-order valence-electron chi connectivity index (χ2n) is 8.97. The van der Waals surface area contributed by atoms with E-state index in [1.807, 2.05) is 0 Å². The molecule has 3 rings (SSSR count). The predicted octanol–water partition coefficient (Wildman–Crippen LogP) is 5.39. The van der Waals surface area contributed by atoms with Crippen molar-refractivity contribution in [2.45, 2.75) is 59.8 Å². The first-order valence-electron chi connectivity index (χ1n) is 10.9. The maximum Gasteiger partial charge on any atom is 0.138 e. The van der Waals surface area contributed by atoms with Crippen LogP contribution in [0.2, 0.25) is 0 Å². The van der Waals surface area contributed by atoms with Gasteiger partial charge in [-0.15, -0.1) is 0 Å². The lowest BCUT2D eigenvalue weighted by molar-refractivity contribution is 0.200. The number of ether oxygens (including phenoxy) is 1. The summed E-state index contributed by atoms with van der Waals surface area (Å²) < 4.78 is 6.03. The Labute approximate surface area is 170 Å². The number of aromatic nitrogens is 2. The van der Waals surface area contributed by atoms with Gasteiger partial charge in [-0.2, -0.15) is 0 Å². The summed E-state index contributed by atoms with van der Waals surface area (Å²) in [5.41, 5.74) is 4.73. The maximum atomic E-state index is 6.03. The average Bonchev–Trinajstić information content (AvgIpc) is 3.00. The van der Waals surface area contributed by atoms with Crippen molar-refractivity contribution in [3.63, 3.8) is 0 Å². The van der Waals surface area contributed by atoms with E-state index in [0.717, 1.165) is 42.5 Å². The molecule has 1 aromatic heterocycles. The highest BCUT2D eigenvalue weighted by Crippen LogP contribution is 2.27. The molecule has 0 aliphatic carbocycles. The minimum absolute atomic E-state index is 0.612. The molecule has 0 atom stereocenters. The van der Waals surface area contributed by atoms with E-state index >= 15 is 0 Å². The molecule has 1 aliphatic rings. The standard InChI is InChI=1S/C24H37N3O/c1-17(2)15-23-19(4)25-24(26-23)22-9-8-21(16-18(22)3)28-14-6-7-20-10-12-27(5)13-11-20/h8-9,16-17,20H,6-7,10-15H2,1-5H3,(H,25,26). The van der Waals surface area contributed by atoms with E-state index in [4.69, 9.17) is 9.72 Å². The molecule has 2 aromatic rings. The fourth-order valence-corrected chi connectivity index (χ4v) is 4.11. The van der Waals surface area contributed by atoms with Crippen molar-refractivity contribution < 1.29 is 4.74 Å². The maximum absolute atomic E-state index is 6.03. The van der Waals surface area contributed by atoms with Gasteiger partial charge in [0.25, 0.3) is 0 Å². The molecule has 0 saturated carbocycles. The lowest BCUT2D eigenvalue weighted by atomic mass is 9.93. The number of benzene rings is 1. The van der Waals surface area contributed by atoms with Crippen molar-refractivity contribution in [2.24, 2.45) is 11.8 Å². The summed E-state index contributed by atoms with van der Waals surface area (Å²) in [6.07, 6.45) is 6.12. The highest BCUT2D eigenvalue weighted by molar-refractivity contribution is 5.62. The summed E-state index contributed by atoms with van der Waals surface area (Å²) >= 11 is 0. The molecule has 4 nitrogen and oxygen atoms in total. The fraction of sp³-hybridized carbons (Fsp3) is 0.625. The van der Waals surface area contributed by atoms with E-state index in [9.17, 15) is 0 Å². The fourth-order valence-electron chi connectivity index (χ4n) is 4.11. The first kappa shape index (κ1) is 20.9. The Morgan fingerprint density at radius 3 is 2.64 bits per heavy atom. The molecule has 4 heteroatoms. The highest BCUT2D eigenvalue weighted by Gasteiger charge is 2.16. The SMILES string of the molecule is Cc1cc(OCCCC2CCN(C)CC2)ccc1-c1nc(CC(C)C)c(C)[nH]1. The summed E-state index contributed by atoms with van der Waals surface area (Å²) in [7, 11) is 2.22. The molecule has 2 heterocycles. The van der Waals surface area contributed by atoms with E-state index < -0.39 is 0 Å². The van der Waals surface area contributed by atoms with Gasteiger partial charge in [-0.05, 0) is 102 Å². The molecule has 0 radical (unpaired) electrons. The first-order chi connectivity index (χ1) is 13.4. The molecule has 0 bridgehead atoms. The molecular formula is C24H37N3O. The Morgan fingerprint density at radius 2 is 1.96 bits per heavy atom. The van der Waals surface area contributed by atoms with Gasteiger partial charge in [-0.3, -0.25) is 0 Å².